The van der Waals surface area contributed by atoms with Crippen molar-refractivity contribution in [2.45, 2.75) is 51.7 Å². The highest BCUT2D eigenvalue weighted by Gasteiger charge is 2.38. The third-order valence-corrected chi connectivity index (χ3v) is 7.42. The molecular weight excluding hydrogens is 492 g/mol. The van der Waals surface area contributed by atoms with Crippen LogP contribution >= 0.6 is 0 Å². The Morgan fingerprint density at radius 3 is 2.51 bits per heavy atom. The summed E-state index contributed by atoms with van der Waals surface area (Å²) in [5.74, 6) is 1.95. The lowest BCUT2D eigenvalue weighted by molar-refractivity contribution is -0.145. The van der Waals surface area contributed by atoms with E-state index >= 15 is 0 Å². The van der Waals surface area contributed by atoms with Gasteiger partial charge >= 0.3 is 5.97 Å². The van der Waals surface area contributed by atoms with Crippen molar-refractivity contribution < 1.29 is 23.8 Å². The predicted molar refractivity (Wildman–Crippen MR) is 149 cm³/mol. The van der Waals surface area contributed by atoms with E-state index in [1.165, 1.54) is 0 Å². The van der Waals surface area contributed by atoms with Crippen molar-refractivity contribution in [3.05, 3.63) is 101 Å². The van der Waals surface area contributed by atoms with Crippen LogP contribution in [0.2, 0.25) is 0 Å². The van der Waals surface area contributed by atoms with Gasteiger partial charge in [-0.15, -0.1) is 0 Å². The smallest absolute Gasteiger partial charge is 0.325 e. The summed E-state index contributed by atoms with van der Waals surface area (Å²) in [5, 5.41) is 10.4. The lowest BCUT2D eigenvalue weighted by Gasteiger charge is -2.41. The number of aliphatic carboxylic acids is 1. The third-order valence-electron chi connectivity index (χ3n) is 7.42. The number of benzene rings is 3. The summed E-state index contributed by atoms with van der Waals surface area (Å²) in [4.78, 5) is 19.4. The van der Waals surface area contributed by atoms with Gasteiger partial charge in [0.15, 0.2) is 0 Å². The number of rotatable bonds is 10. The molecule has 1 N–H and O–H groups in total. The van der Waals surface area contributed by atoms with E-state index in [0.29, 0.717) is 31.2 Å². The molecule has 0 amide bonds. The van der Waals surface area contributed by atoms with E-state index < -0.39 is 12.0 Å². The first-order chi connectivity index (χ1) is 19.0. The molecule has 1 unspecified atom stereocenters. The number of hydrogen-bond acceptors (Lipinski definition) is 6. The largest absolute Gasteiger partial charge is 0.497 e. The molecule has 0 fully saturated rings. The van der Waals surface area contributed by atoms with Gasteiger partial charge in [-0.2, -0.15) is 0 Å². The summed E-state index contributed by atoms with van der Waals surface area (Å²) in [7, 11) is 1.64. The Labute approximate surface area is 229 Å². The molecule has 1 aliphatic heterocycles. The van der Waals surface area contributed by atoms with Crippen LogP contribution in [0.15, 0.2) is 77.2 Å². The van der Waals surface area contributed by atoms with Crippen molar-refractivity contribution in [1.82, 2.24) is 9.88 Å². The number of methoxy groups -OCH3 is 1. The van der Waals surface area contributed by atoms with Crippen LogP contribution in [0.1, 0.15) is 47.5 Å². The monoisotopic (exact) mass is 526 g/mol. The van der Waals surface area contributed by atoms with Crippen molar-refractivity contribution >= 4 is 5.97 Å². The first kappa shape index (κ1) is 26.5. The van der Waals surface area contributed by atoms with E-state index in [1.807, 2.05) is 79.7 Å². The van der Waals surface area contributed by atoms with Gasteiger partial charge in [0.1, 0.15) is 23.3 Å². The molecule has 0 aliphatic carbocycles. The van der Waals surface area contributed by atoms with Gasteiger partial charge in [-0.3, -0.25) is 9.69 Å². The Balaban J connectivity index is 1.32. The lowest BCUT2D eigenvalue weighted by atomic mass is 9.86. The molecule has 1 aliphatic rings. The highest BCUT2D eigenvalue weighted by atomic mass is 16.5. The Hall–Kier alpha value is -4.10. The maximum Gasteiger partial charge on any atom is 0.325 e. The second-order valence-corrected chi connectivity index (χ2v) is 9.87. The minimum Gasteiger partial charge on any atom is -0.497 e. The highest BCUT2D eigenvalue weighted by molar-refractivity contribution is 5.77. The fourth-order valence-corrected chi connectivity index (χ4v) is 5.31. The molecule has 0 saturated heterocycles. The standard InChI is InChI=1S/C32H34N2O5/c1-4-25-18-24-12-15-27(38-17-16-29-21(2)39-31(33-29)23-8-6-5-7-9-23)19-28(24)30(32(35)36)34(25)20-22-10-13-26(37-3)14-11-22/h5-15,19,25,30H,4,16-18,20H2,1-3H3,(H,35,36)/t25-,30?/m0/s1. The fraction of sp³-hybridized carbons (Fsp3) is 0.312. The molecule has 0 saturated carbocycles. The summed E-state index contributed by atoms with van der Waals surface area (Å²) in [6.07, 6.45) is 2.25. The average molecular weight is 527 g/mol. The molecule has 7 heteroatoms. The normalized spacial score (nSPS) is 17.0. The number of fused-ring (bicyclic) bond motifs is 1. The van der Waals surface area contributed by atoms with E-state index in [0.717, 1.165) is 52.3 Å². The van der Waals surface area contributed by atoms with Gasteiger partial charge in [0.2, 0.25) is 5.89 Å². The number of carbonyl (C=O) groups is 1. The summed E-state index contributed by atoms with van der Waals surface area (Å²) >= 11 is 0. The number of hydrogen-bond donors (Lipinski definition) is 1. The van der Waals surface area contributed by atoms with E-state index in [1.54, 1.807) is 7.11 Å². The van der Waals surface area contributed by atoms with Crippen LogP contribution < -0.4 is 9.47 Å². The molecule has 2 atom stereocenters. The van der Waals surface area contributed by atoms with Gasteiger partial charge in [0.05, 0.1) is 19.4 Å². The van der Waals surface area contributed by atoms with E-state index in [9.17, 15) is 9.90 Å². The van der Waals surface area contributed by atoms with Crippen LogP contribution in [0, 0.1) is 6.92 Å². The van der Waals surface area contributed by atoms with Gasteiger partial charge in [-0.1, -0.05) is 43.3 Å². The minimum absolute atomic E-state index is 0.126. The van der Waals surface area contributed by atoms with Crippen LogP contribution in [0.4, 0.5) is 0 Å². The molecule has 5 rings (SSSR count). The zero-order valence-electron chi connectivity index (χ0n) is 22.6. The molecule has 7 nitrogen and oxygen atoms in total. The molecular formula is C32H34N2O5. The van der Waals surface area contributed by atoms with E-state index in [2.05, 4.69) is 16.8 Å². The van der Waals surface area contributed by atoms with Gasteiger partial charge in [-0.05, 0) is 72.9 Å². The van der Waals surface area contributed by atoms with Gasteiger partial charge in [0.25, 0.3) is 0 Å². The molecule has 4 aromatic rings. The first-order valence-electron chi connectivity index (χ1n) is 13.4. The number of aromatic nitrogens is 1. The predicted octanol–water partition coefficient (Wildman–Crippen LogP) is 6.24. The fourth-order valence-electron chi connectivity index (χ4n) is 5.31. The summed E-state index contributed by atoms with van der Waals surface area (Å²) < 4.78 is 17.2. The molecule has 39 heavy (non-hydrogen) atoms. The van der Waals surface area contributed by atoms with Crippen LogP contribution in [-0.2, 0) is 24.2 Å². The average Bonchev–Trinajstić information content (AvgIpc) is 3.33. The van der Waals surface area contributed by atoms with Crippen LogP contribution in [0.5, 0.6) is 11.5 Å². The summed E-state index contributed by atoms with van der Waals surface area (Å²) in [6, 6.07) is 22.9. The van der Waals surface area contributed by atoms with Gasteiger partial charge in [-0.25, -0.2) is 4.98 Å². The molecule has 2 heterocycles. The Morgan fingerprint density at radius 1 is 1.08 bits per heavy atom. The third kappa shape index (κ3) is 5.83. The van der Waals surface area contributed by atoms with Crippen LogP contribution in [-0.4, -0.2) is 40.7 Å². The Bertz CT molecular complexity index is 1410. The Morgan fingerprint density at radius 2 is 1.82 bits per heavy atom. The Kier molecular flexibility index (Phi) is 7.98. The van der Waals surface area contributed by atoms with Crippen molar-refractivity contribution in [2.24, 2.45) is 0 Å². The first-order valence-corrected chi connectivity index (χ1v) is 13.4. The van der Waals surface area contributed by atoms with E-state index in [4.69, 9.17) is 13.9 Å². The number of oxazole rings is 1. The number of nitrogens with zero attached hydrogens (tertiary/aromatic N) is 2. The minimum atomic E-state index is -0.855. The number of carboxylic acids is 1. The maximum atomic E-state index is 12.6. The molecule has 3 aromatic carbocycles. The van der Waals surface area contributed by atoms with Crippen molar-refractivity contribution in [3.8, 4) is 23.0 Å². The zero-order valence-corrected chi connectivity index (χ0v) is 22.6. The number of carboxylic acid groups (broad SMARTS) is 1. The highest BCUT2D eigenvalue weighted by Crippen LogP contribution is 2.38. The zero-order chi connectivity index (χ0) is 27.4. The summed E-state index contributed by atoms with van der Waals surface area (Å²) in [5.41, 5.74) is 4.70. The molecule has 1 aromatic heterocycles. The summed E-state index contributed by atoms with van der Waals surface area (Å²) in [6.45, 7) is 4.97. The topological polar surface area (TPSA) is 85.0 Å². The van der Waals surface area contributed by atoms with Crippen LogP contribution in [0.3, 0.4) is 0 Å². The number of ether oxygens (including phenoxy) is 2. The number of aryl methyl sites for hydroxylation is 1. The molecule has 0 spiro atoms. The second-order valence-electron chi connectivity index (χ2n) is 9.87. The van der Waals surface area contributed by atoms with Gasteiger partial charge < -0.3 is 19.0 Å². The van der Waals surface area contributed by atoms with Gasteiger partial charge in [0, 0.05) is 24.6 Å². The van der Waals surface area contributed by atoms with Crippen molar-refractivity contribution in [3.63, 3.8) is 0 Å². The molecule has 0 radical (unpaired) electrons. The second kappa shape index (κ2) is 11.7. The van der Waals surface area contributed by atoms with Crippen molar-refractivity contribution in [1.29, 1.82) is 0 Å². The maximum absolute atomic E-state index is 12.6. The lowest BCUT2D eigenvalue weighted by Crippen LogP contribution is -2.46. The SMILES string of the molecule is CC[C@H]1Cc2ccc(OCCc3nc(-c4ccccc4)oc3C)cc2C(C(=O)O)N1Cc1ccc(OC)cc1. The van der Waals surface area contributed by atoms with Crippen LogP contribution in [0.25, 0.3) is 11.5 Å². The molecule has 202 valence electrons. The quantitative estimate of drug-likeness (QED) is 0.262. The molecule has 0 bridgehead atoms. The van der Waals surface area contributed by atoms with Crippen molar-refractivity contribution in [2.75, 3.05) is 13.7 Å². The van der Waals surface area contributed by atoms with E-state index in [-0.39, 0.29) is 6.04 Å².